The molecule has 112 valence electrons. The Balaban J connectivity index is 2.01. The van der Waals surface area contributed by atoms with Crippen LogP contribution in [0.1, 0.15) is 33.6 Å². The van der Waals surface area contributed by atoms with E-state index in [0.717, 1.165) is 45.0 Å². The molecule has 1 aromatic rings. The fourth-order valence-corrected chi connectivity index (χ4v) is 2.39. The number of rotatable bonds is 4. The van der Waals surface area contributed by atoms with Crippen molar-refractivity contribution < 1.29 is 4.74 Å². The summed E-state index contributed by atoms with van der Waals surface area (Å²) in [6.07, 6.45) is 2.26. The number of hydrogen-bond acceptors (Lipinski definition) is 3. The fourth-order valence-electron chi connectivity index (χ4n) is 2.39. The van der Waals surface area contributed by atoms with Crippen LogP contribution in [0.4, 0.5) is 5.69 Å². The highest BCUT2D eigenvalue weighted by Gasteiger charge is 2.15. The molecule has 0 radical (unpaired) electrons. The molecule has 20 heavy (non-hydrogen) atoms. The molecule has 1 N–H and O–H groups in total. The molecule has 0 spiro atoms. The van der Waals surface area contributed by atoms with Gasteiger partial charge in [-0.1, -0.05) is 32.9 Å². The Morgan fingerprint density at radius 1 is 1.15 bits per heavy atom. The van der Waals surface area contributed by atoms with Crippen molar-refractivity contribution in [3.05, 3.63) is 24.3 Å². The Morgan fingerprint density at radius 3 is 2.75 bits per heavy atom. The van der Waals surface area contributed by atoms with E-state index in [1.165, 1.54) is 12.1 Å². The molecule has 0 aliphatic carbocycles. The largest absolute Gasteiger partial charge is 0.491 e. The van der Waals surface area contributed by atoms with Crippen molar-refractivity contribution in [1.82, 2.24) is 5.32 Å². The first-order chi connectivity index (χ1) is 9.56. The molecule has 1 saturated heterocycles. The Morgan fingerprint density at radius 2 is 1.95 bits per heavy atom. The SMILES string of the molecule is CC(C)(C)CCOc1ccccc1N1CCCNCC1. The maximum absolute atomic E-state index is 6.05. The highest BCUT2D eigenvalue weighted by atomic mass is 16.5. The molecule has 0 amide bonds. The number of benzene rings is 1. The van der Waals surface area contributed by atoms with Crippen LogP contribution in [-0.4, -0.2) is 32.8 Å². The summed E-state index contributed by atoms with van der Waals surface area (Å²) in [7, 11) is 0. The van der Waals surface area contributed by atoms with Crippen LogP contribution < -0.4 is 15.0 Å². The van der Waals surface area contributed by atoms with E-state index in [1.807, 2.05) is 0 Å². The van der Waals surface area contributed by atoms with E-state index in [0.29, 0.717) is 5.41 Å². The molecule has 0 atom stereocenters. The van der Waals surface area contributed by atoms with Gasteiger partial charge in [-0.05, 0) is 36.9 Å². The lowest BCUT2D eigenvalue weighted by atomic mass is 9.93. The lowest BCUT2D eigenvalue weighted by Crippen LogP contribution is -2.28. The second kappa shape index (κ2) is 6.98. The summed E-state index contributed by atoms with van der Waals surface area (Å²) in [5.74, 6) is 1.03. The third kappa shape index (κ3) is 4.71. The first-order valence-electron chi connectivity index (χ1n) is 7.74. The van der Waals surface area contributed by atoms with Crippen LogP contribution in [-0.2, 0) is 0 Å². The quantitative estimate of drug-likeness (QED) is 0.913. The zero-order valence-electron chi connectivity index (χ0n) is 13.1. The van der Waals surface area contributed by atoms with Gasteiger partial charge in [-0.3, -0.25) is 0 Å². The van der Waals surface area contributed by atoms with E-state index in [-0.39, 0.29) is 0 Å². The minimum atomic E-state index is 0.321. The number of ether oxygens (including phenoxy) is 1. The standard InChI is InChI=1S/C17H28N2O/c1-17(2,3)9-14-20-16-8-5-4-7-15(16)19-12-6-10-18-11-13-19/h4-5,7-8,18H,6,9-14H2,1-3H3. The first kappa shape index (κ1) is 15.2. The van der Waals surface area contributed by atoms with Gasteiger partial charge < -0.3 is 15.0 Å². The van der Waals surface area contributed by atoms with Crippen LogP contribution in [0.15, 0.2) is 24.3 Å². The van der Waals surface area contributed by atoms with Crippen molar-refractivity contribution in [3.63, 3.8) is 0 Å². The van der Waals surface area contributed by atoms with Gasteiger partial charge in [0.05, 0.1) is 12.3 Å². The summed E-state index contributed by atoms with van der Waals surface area (Å²) in [6, 6.07) is 8.43. The van der Waals surface area contributed by atoms with Crippen LogP contribution in [0.3, 0.4) is 0 Å². The minimum absolute atomic E-state index is 0.321. The molecule has 1 heterocycles. The van der Waals surface area contributed by atoms with Gasteiger partial charge in [0.25, 0.3) is 0 Å². The third-order valence-corrected chi connectivity index (χ3v) is 3.66. The van der Waals surface area contributed by atoms with Crippen molar-refractivity contribution in [2.24, 2.45) is 5.41 Å². The van der Waals surface area contributed by atoms with Gasteiger partial charge in [0.15, 0.2) is 0 Å². The lowest BCUT2D eigenvalue weighted by molar-refractivity contribution is 0.243. The van der Waals surface area contributed by atoms with Gasteiger partial charge in [0.2, 0.25) is 0 Å². The maximum atomic E-state index is 6.05. The number of nitrogens with one attached hydrogen (secondary N) is 1. The molecule has 3 nitrogen and oxygen atoms in total. The third-order valence-electron chi connectivity index (χ3n) is 3.66. The van der Waals surface area contributed by atoms with Crippen LogP contribution in [0, 0.1) is 5.41 Å². The zero-order valence-corrected chi connectivity index (χ0v) is 13.1. The van der Waals surface area contributed by atoms with Gasteiger partial charge in [-0.2, -0.15) is 0 Å². The summed E-state index contributed by atoms with van der Waals surface area (Å²) < 4.78 is 6.05. The maximum Gasteiger partial charge on any atom is 0.142 e. The summed E-state index contributed by atoms with van der Waals surface area (Å²) in [5, 5.41) is 3.45. The van der Waals surface area contributed by atoms with Crippen molar-refractivity contribution in [2.75, 3.05) is 37.7 Å². The number of para-hydroxylation sites is 2. The molecule has 1 aromatic carbocycles. The number of hydrogen-bond donors (Lipinski definition) is 1. The molecule has 0 bridgehead atoms. The zero-order chi connectivity index (χ0) is 14.4. The Hall–Kier alpha value is -1.22. The van der Waals surface area contributed by atoms with Gasteiger partial charge in [0, 0.05) is 19.6 Å². The van der Waals surface area contributed by atoms with Crippen LogP contribution in [0.2, 0.25) is 0 Å². The van der Waals surface area contributed by atoms with E-state index in [2.05, 4.69) is 55.3 Å². The average Bonchev–Trinajstić information content (AvgIpc) is 2.66. The van der Waals surface area contributed by atoms with Crippen molar-refractivity contribution >= 4 is 5.69 Å². The van der Waals surface area contributed by atoms with E-state index in [9.17, 15) is 0 Å². The molecular formula is C17H28N2O. The van der Waals surface area contributed by atoms with Crippen molar-refractivity contribution in [3.8, 4) is 5.75 Å². The van der Waals surface area contributed by atoms with E-state index in [1.54, 1.807) is 0 Å². The Bertz CT molecular complexity index is 404. The van der Waals surface area contributed by atoms with Crippen molar-refractivity contribution in [1.29, 1.82) is 0 Å². The Kier molecular flexibility index (Phi) is 5.30. The normalized spacial score (nSPS) is 16.9. The molecule has 1 fully saturated rings. The van der Waals surface area contributed by atoms with E-state index < -0.39 is 0 Å². The monoisotopic (exact) mass is 276 g/mol. The summed E-state index contributed by atoms with van der Waals surface area (Å²) in [6.45, 7) is 11.9. The van der Waals surface area contributed by atoms with Crippen LogP contribution >= 0.6 is 0 Å². The molecule has 3 heteroatoms. The topological polar surface area (TPSA) is 24.5 Å². The van der Waals surface area contributed by atoms with Crippen molar-refractivity contribution in [2.45, 2.75) is 33.6 Å². The van der Waals surface area contributed by atoms with Gasteiger partial charge in [-0.25, -0.2) is 0 Å². The molecule has 0 unspecified atom stereocenters. The second-order valence-corrected chi connectivity index (χ2v) is 6.72. The van der Waals surface area contributed by atoms with Gasteiger partial charge in [0.1, 0.15) is 5.75 Å². The first-order valence-corrected chi connectivity index (χ1v) is 7.74. The smallest absolute Gasteiger partial charge is 0.142 e. The number of anilines is 1. The summed E-state index contributed by atoms with van der Waals surface area (Å²) >= 11 is 0. The van der Waals surface area contributed by atoms with E-state index in [4.69, 9.17) is 4.74 Å². The molecule has 2 rings (SSSR count). The van der Waals surface area contributed by atoms with Crippen LogP contribution in [0.5, 0.6) is 5.75 Å². The van der Waals surface area contributed by atoms with Gasteiger partial charge >= 0.3 is 0 Å². The van der Waals surface area contributed by atoms with E-state index >= 15 is 0 Å². The predicted molar refractivity (Wildman–Crippen MR) is 85.7 cm³/mol. The second-order valence-electron chi connectivity index (χ2n) is 6.72. The average molecular weight is 276 g/mol. The van der Waals surface area contributed by atoms with Gasteiger partial charge in [-0.15, -0.1) is 0 Å². The van der Waals surface area contributed by atoms with Crippen LogP contribution in [0.25, 0.3) is 0 Å². The summed E-state index contributed by atoms with van der Waals surface area (Å²) in [5.41, 5.74) is 1.56. The lowest BCUT2D eigenvalue weighted by Gasteiger charge is -2.25. The molecular weight excluding hydrogens is 248 g/mol. The fraction of sp³-hybridized carbons (Fsp3) is 0.647. The molecule has 0 saturated carbocycles. The Labute approximate surface area is 123 Å². The molecule has 1 aliphatic heterocycles. The molecule has 1 aliphatic rings. The highest BCUT2D eigenvalue weighted by molar-refractivity contribution is 5.58. The number of nitrogens with zero attached hydrogens (tertiary/aromatic N) is 1. The molecule has 0 aromatic heterocycles. The summed E-state index contributed by atoms with van der Waals surface area (Å²) in [4.78, 5) is 2.44. The predicted octanol–water partition coefficient (Wildman–Crippen LogP) is 3.30. The highest BCUT2D eigenvalue weighted by Crippen LogP contribution is 2.29. The minimum Gasteiger partial charge on any atom is -0.491 e.